The van der Waals surface area contributed by atoms with Crippen LogP contribution in [0.3, 0.4) is 0 Å². The molecule has 8 heteroatoms. The van der Waals surface area contributed by atoms with Gasteiger partial charge in [0.15, 0.2) is 0 Å². The van der Waals surface area contributed by atoms with Crippen molar-refractivity contribution in [2.45, 2.75) is 30.3 Å². The lowest BCUT2D eigenvalue weighted by Crippen LogP contribution is -2.32. The van der Waals surface area contributed by atoms with Crippen molar-refractivity contribution in [3.8, 4) is 10.8 Å². The first-order valence-corrected chi connectivity index (χ1v) is 10.2. The SMILES string of the molecule is O=C(CCn1nc(-c2cccs2)oc1=O)N[C@@H]1CCSc2ccccc21. The van der Waals surface area contributed by atoms with Crippen LogP contribution in [0.4, 0.5) is 0 Å². The van der Waals surface area contributed by atoms with E-state index in [1.807, 2.05) is 41.4 Å². The lowest BCUT2D eigenvalue weighted by Gasteiger charge is -2.25. The number of hydrogen-bond donors (Lipinski definition) is 1. The second kappa shape index (κ2) is 7.51. The number of aryl methyl sites for hydroxylation is 1. The normalized spacial score (nSPS) is 16.2. The fourth-order valence-corrected chi connectivity index (χ4v) is 4.68. The van der Waals surface area contributed by atoms with E-state index in [0.29, 0.717) is 5.89 Å². The van der Waals surface area contributed by atoms with E-state index in [1.165, 1.54) is 20.9 Å². The molecule has 0 saturated carbocycles. The Morgan fingerprint density at radius 1 is 1.31 bits per heavy atom. The minimum atomic E-state index is -0.541. The summed E-state index contributed by atoms with van der Waals surface area (Å²) >= 11 is 3.26. The molecule has 1 aliphatic heterocycles. The molecule has 0 bridgehead atoms. The Balaban J connectivity index is 1.39. The number of carbonyl (C=O) groups excluding carboxylic acids is 1. The number of hydrogen-bond acceptors (Lipinski definition) is 6. The van der Waals surface area contributed by atoms with E-state index in [0.717, 1.165) is 22.6 Å². The molecule has 0 spiro atoms. The number of carbonyl (C=O) groups is 1. The smallest absolute Gasteiger partial charge is 0.387 e. The Morgan fingerprint density at radius 3 is 3.04 bits per heavy atom. The number of thioether (sulfide) groups is 1. The Kier molecular flexibility index (Phi) is 4.94. The molecule has 0 radical (unpaired) electrons. The summed E-state index contributed by atoms with van der Waals surface area (Å²) < 4.78 is 6.37. The lowest BCUT2D eigenvalue weighted by molar-refractivity contribution is -0.122. The van der Waals surface area contributed by atoms with Crippen molar-refractivity contribution < 1.29 is 9.21 Å². The number of thiophene rings is 1. The van der Waals surface area contributed by atoms with Crippen molar-refractivity contribution in [3.05, 3.63) is 57.9 Å². The van der Waals surface area contributed by atoms with Gasteiger partial charge < -0.3 is 9.73 Å². The summed E-state index contributed by atoms with van der Waals surface area (Å²) in [6.07, 6.45) is 1.09. The van der Waals surface area contributed by atoms with Crippen molar-refractivity contribution in [1.82, 2.24) is 15.1 Å². The van der Waals surface area contributed by atoms with Gasteiger partial charge in [-0.3, -0.25) is 4.79 Å². The van der Waals surface area contributed by atoms with Crippen LogP contribution in [-0.2, 0) is 11.3 Å². The molecule has 1 aromatic carbocycles. The highest BCUT2D eigenvalue weighted by Crippen LogP contribution is 2.35. The third-order valence-corrected chi connectivity index (χ3v) is 6.16. The Labute approximate surface area is 158 Å². The van der Waals surface area contributed by atoms with E-state index >= 15 is 0 Å². The standard InChI is InChI=1S/C18H17N3O3S2/c22-16(19-13-8-11-26-14-5-2-1-4-12(13)14)7-9-21-18(23)24-17(20-21)15-6-3-10-25-15/h1-6,10,13H,7-9,11H2,(H,19,22)/t13-/m1/s1. The molecule has 6 nitrogen and oxygen atoms in total. The highest BCUT2D eigenvalue weighted by Gasteiger charge is 2.22. The minimum Gasteiger partial charge on any atom is -0.387 e. The molecule has 134 valence electrons. The number of nitrogens with zero attached hydrogens (tertiary/aromatic N) is 2. The zero-order valence-corrected chi connectivity index (χ0v) is 15.5. The second-order valence-electron chi connectivity index (χ2n) is 5.92. The van der Waals surface area contributed by atoms with Gasteiger partial charge in [-0.2, -0.15) is 4.68 Å². The third-order valence-electron chi connectivity index (χ3n) is 4.18. The summed E-state index contributed by atoms with van der Waals surface area (Å²) in [6, 6.07) is 11.9. The van der Waals surface area contributed by atoms with Crippen molar-refractivity contribution in [3.63, 3.8) is 0 Å². The maximum atomic E-state index is 12.4. The summed E-state index contributed by atoms with van der Waals surface area (Å²) in [7, 11) is 0. The topological polar surface area (TPSA) is 77.1 Å². The van der Waals surface area contributed by atoms with Gasteiger partial charge in [0.1, 0.15) is 0 Å². The van der Waals surface area contributed by atoms with Gasteiger partial charge in [-0.25, -0.2) is 4.79 Å². The van der Waals surface area contributed by atoms with Crippen LogP contribution >= 0.6 is 23.1 Å². The van der Waals surface area contributed by atoms with Gasteiger partial charge in [0.2, 0.25) is 5.91 Å². The zero-order chi connectivity index (χ0) is 17.9. The molecule has 1 atom stereocenters. The van der Waals surface area contributed by atoms with Crippen LogP contribution in [-0.4, -0.2) is 21.4 Å². The number of fused-ring (bicyclic) bond motifs is 1. The van der Waals surface area contributed by atoms with Crippen LogP contribution in [0.25, 0.3) is 10.8 Å². The summed E-state index contributed by atoms with van der Waals surface area (Å²) in [5.41, 5.74) is 1.16. The first kappa shape index (κ1) is 17.1. The van der Waals surface area contributed by atoms with Gasteiger partial charge in [-0.05, 0) is 29.5 Å². The van der Waals surface area contributed by atoms with Crippen LogP contribution < -0.4 is 11.1 Å². The van der Waals surface area contributed by atoms with E-state index in [1.54, 1.807) is 0 Å². The van der Waals surface area contributed by atoms with Crippen molar-refractivity contribution in [1.29, 1.82) is 0 Å². The van der Waals surface area contributed by atoms with Gasteiger partial charge in [-0.1, -0.05) is 24.3 Å². The molecular weight excluding hydrogens is 370 g/mol. The third kappa shape index (κ3) is 3.61. The molecule has 3 heterocycles. The van der Waals surface area contributed by atoms with Crippen LogP contribution in [0.15, 0.2) is 55.9 Å². The monoisotopic (exact) mass is 387 g/mol. The molecule has 0 unspecified atom stereocenters. The first-order valence-electron chi connectivity index (χ1n) is 8.33. The van der Waals surface area contributed by atoms with Gasteiger partial charge in [0.25, 0.3) is 5.89 Å². The average Bonchev–Trinajstić information content (AvgIpc) is 3.30. The molecule has 1 N–H and O–H groups in total. The van der Waals surface area contributed by atoms with Gasteiger partial charge in [0, 0.05) is 17.1 Å². The fraction of sp³-hybridized carbons (Fsp3) is 0.278. The van der Waals surface area contributed by atoms with E-state index in [2.05, 4.69) is 22.5 Å². The average molecular weight is 387 g/mol. The van der Waals surface area contributed by atoms with E-state index in [9.17, 15) is 9.59 Å². The second-order valence-corrected chi connectivity index (χ2v) is 8.00. The molecule has 3 aromatic rings. The van der Waals surface area contributed by atoms with Crippen LogP contribution in [0.1, 0.15) is 24.4 Å². The van der Waals surface area contributed by atoms with E-state index in [-0.39, 0.29) is 24.9 Å². The highest BCUT2D eigenvalue weighted by atomic mass is 32.2. The number of benzene rings is 1. The predicted octanol–water partition coefficient (Wildman–Crippen LogP) is 3.31. The first-order chi connectivity index (χ1) is 12.7. The minimum absolute atomic E-state index is 0.0238. The molecule has 26 heavy (non-hydrogen) atoms. The zero-order valence-electron chi connectivity index (χ0n) is 13.9. The maximum Gasteiger partial charge on any atom is 0.437 e. The summed E-state index contributed by atoms with van der Waals surface area (Å²) in [5.74, 6) is 0.642. The Morgan fingerprint density at radius 2 is 2.19 bits per heavy atom. The Hall–Kier alpha value is -2.32. The number of rotatable bonds is 5. The van der Waals surface area contributed by atoms with Gasteiger partial charge >= 0.3 is 5.76 Å². The predicted molar refractivity (Wildman–Crippen MR) is 101 cm³/mol. The molecule has 1 aliphatic rings. The quantitative estimate of drug-likeness (QED) is 0.727. The van der Waals surface area contributed by atoms with Crippen LogP contribution in [0.5, 0.6) is 0 Å². The highest BCUT2D eigenvalue weighted by molar-refractivity contribution is 7.99. The lowest BCUT2D eigenvalue weighted by atomic mass is 10.0. The molecule has 0 fully saturated rings. The van der Waals surface area contributed by atoms with Gasteiger partial charge in [-0.15, -0.1) is 28.2 Å². The summed E-state index contributed by atoms with van der Waals surface area (Å²) in [4.78, 5) is 26.3. The van der Waals surface area contributed by atoms with Crippen molar-refractivity contribution >= 4 is 29.0 Å². The van der Waals surface area contributed by atoms with E-state index < -0.39 is 5.76 Å². The van der Waals surface area contributed by atoms with Crippen LogP contribution in [0.2, 0.25) is 0 Å². The number of nitrogens with one attached hydrogen (secondary N) is 1. The molecule has 1 amide bonds. The van der Waals surface area contributed by atoms with E-state index in [4.69, 9.17) is 4.42 Å². The molecular formula is C18H17N3O3S2. The molecule has 0 aliphatic carbocycles. The number of amides is 1. The van der Waals surface area contributed by atoms with Gasteiger partial charge in [0.05, 0.1) is 17.5 Å². The Bertz CT molecular complexity index is 962. The van der Waals surface area contributed by atoms with Crippen molar-refractivity contribution in [2.75, 3.05) is 5.75 Å². The molecule has 2 aromatic heterocycles. The fourth-order valence-electron chi connectivity index (χ4n) is 2.91. The summed E-state index contributed by atoms with van der Waals surface area (Å²) in [5, 5.41) is 9.14. The van der Waals surface area contributed by atoms with Crippen molar-refractivity contribution in [2.24, 2.45) is 0 Å². The summed E-state index contributed by atoms with van der Waals surface area (Å²) in [6.45, 7) is 0.197. The molecule has 4 rings (SSSR count). The maximum absolute atomic E-state index is 12.4. The van der Waals surface area contributed by atoms with Crippen LogP contribution in [0, 0.1) is 0 Å². The number of aromatic nitrogens is 2. The largest absolute Gasteiger partial charge is 0.437 e. The molecule has 0 saturated heterocycles.